The van der Waals surface area contributed by atoms with E-state index in [0.717, 1.165) is 23.0 Å². The predicted molar refractivity (Wildman–Crippen MR) is 108 cm³/mol. The van der Waals surface area contributed by atoms with E-state index in [1.165, 1.54) is 75.8 Å². The molecule has 1 nitrogen and oxygen atoms in total. The summed E-state index contributed by atoms with van der Waals surface area (Å²) in [4.78, 5) is 3.74. The average Bonchev–Trinajstić information content (AvgIpc) is 2.69. The van der Waals surface area contributed by atoms with E-state index in [1.807, 2.05) is 0 Å². The highest BCUT2D eigenvalue weighted by Crippen LogP contribution is 2.34. The van der Waals surface area contributed by atoms with Crippen molar-refractivity contribution in [2.75, 3.05) is 0 Å². The van der Waals surface area contributed by atoms with Gasteiger partial charge in [0.1, 0.15) is 0 Å². The molecular formula is C24H32FN. The van der Waals surface area contributed by atoms with Crippen molar-refractivity contribution < 1.29 is 4.39 Å². The molecule has 3 rings (SSSR count). The number of halogens is 1. The first-order valence-corrected chi connectivity index (χ1v) is 10.5. The first-order valence-electron chi connectivity index (χ1n) is 10.5. The molecule has 2 aromatic rings. The summed E-state index contributed by atoms with van der Waals surface area (Å²) < 4.78 is 12.9. The van der Waals surface area contributed by atoms with Crippen LogP contribution >= 0.6 is 0 Å². The number of aromatic nitrogens is 1. The molecule has 0 saturated heterocycles. The normalized spacial score (nSPS) is 20.2. The van der Waals surface area contributed by atoms with Crippen LogP contribution in [0.4, 0.5) is 4.39 Å². The summed E-state index contributed by atoms with van der Waals surface area (Å²) >= 11 is 0. The van der Waals surface area contributed by atoms with Gasteiger partial charge in [0.2, 0.25) is 5.95 Å². The Labute approximate surface area is 158 Å². The SMILES string of the molecule is CCCCC[C@H]1CC[C@H](CCc2ccc(-c3ccc(F)nc3)cc2)CC1. The molecule has 0 bridgehead atoms. The number of benzene rings is 1. The van der Waals surface area contributed by atoms with Crippen LogP contribution in [0.25, 0.3) is 11.1 Å². The zero-order valence-electron chi connectivity index (χ0n) is 16.1. The fourth-order valence-electron chi connectivity index (χ4n) is 4.27. The third-order valence-electron chi connectivity index (χ3n) is 6.04. The van der Waals surface area contributed by atoms with E-state index in [0.29, 0.717) is 0 Å². The minimum Gasteiger partial charge on any atom is -0.228 e. The van der Waals surface area contributed by atoms with E-state index >= 15 is 0 Å². The molecule has 1 aliphatic carbocycles. The Morgan fingerprint density at radius 2 is 1.50 bits per heavy atom. The van der Waals surface area contributed by atoms with Crippen LogP contribution in [0, 0.1) is 17.8 Å². The zero-order chi connectivity index (χ0) is 18.2. The van der Waals surface area contributed by atoms with Gasteiger partial charge in [0.05, 0.1) is 0 Å². The molecule has 1 aromatic heterocycles. The van der Waals surface area contributed by atoms with E-state index in [-0.39, 0.29) is 0 Å². The second-order valence-corrected chi connectivity index (χ2v) is 7.99. The van der Waals surface area contributed by atoms with Crippen LogP contribution in [0.5, 0.6) is 0 Å². The van der Waals surface area contributed by atoms with Crippen LogP contribution in [-0.4, -0.2) is 4.98 Å². The topological polar surface area (TPSA) is 12.9 Å². The number of aryl methyl sites for hydroxylation is 1. The molecule has 0 unspecified atom stereocenters. The Hall–Kier alpha value is -1.70. The summed E-state index contributed by atoms with van der Waals surface area (Å²) in [6.45, 7) is 2.29. The molecule has 1 aliphatic rings. The number of nitrogens with zero attached hydrogens (tertiary/aromatic N) is 1. The fourth-order valence-corrected chi connectivity index (χ4v) is 4.27. The highest BCUT2D eigenvalue weighted by atomic mass is 19.1. The van der Waals surface area contributed by atoms with Crippen LogP contribution in [0.15, 0.2) is 42.6 Å². The first kappa shape index (κ1) is 19.1. The molecule has 2 heteroatoms. The third kappa shape index (κ3) is 5.65. The summed E-state index contributed by atoms with van der Waals surface area (Å²) in [6.07, 6.45) is 15.5. The van der Waals surface area contributed by atoms with Gasteiger partial charge in [-0.15, -0.1) is 0 Å². The Morgan fingerprint density at radius 1 is 0.846 bits per heavy atom. The highest BCUT2D eigenvalue weighted by molar-refractivity contribution is 5.62. The Kier molecular flexibility index (Phi) is 7.22. The van der Waals surface area contributed by atoms with Crippen molar-refractivity contribution in [3.8, 4) is 11.1 Å². The van der Waals surface area contributed by atoms with Crippen LogP contribution < -0.4 is 0 Å². The maximum absolute atomic E-state index is 12.9. The van der Waals surface area contributed by atoms with Crippen LogP contribution in [0.3, 0.4) is 0 Å². The zero-order valence-corrected chi connectivity index (χ0v) is 16.1. The van der Waals surface area contributed by atoms with Crippen molar-refractivity contribution >= 4 is 0 Å². The quantitative estimate of drug-likeness (QED) is 0.361. The second-order valence-electron chi connectivity index (χ2n) is 7.99. The Balaban J connectivity index is 1.42. The van der Waals surface area contributed by atoms with Gasteiger partial charge >= 0.3 is 0 Å². The summed E-state index contributed by atoms with van der Waals surface area (Å²) in [5.41, 5.74) is 3.49. The van der Waals surface area contributed by atoms with Crippen molar-refractivity contribution in [3.63, 3.8) is 0 Å². The molecule has 0 radical (unpaired) electrons. The van der Waals surface area contributed by atoms with Gasteiger partial charge in [-0.1, -0.05) is 82.6 Å². The molecular weight excluding hydrogens is 321 g/mol. The molecule has 0 atom stereocenters. The summed E-state index contributed by atoms with van der Waals surface area (Å²) in [5, 5.41) is 0. The molecule has 1 aromatic carbocycles. The second kappa shape index (κ2) is 9.85. The van der Waals surface area contributed by atoms with Gasteiger partial charge in [-0.25, -0.2) is 4.98 Å². The lowest BCUT2D eigenvalue weighted by molar-refractivity contribution is 0.249. The maximum Gasteiger partial charge on any atom is 0.212 e. The van der Waals surface area contributed by atoms with E-state index < -0.39 is 5.95 Å². The minimum atomic E-state index is -0.426. The number of unbranched alkanes of at least 4 members (excludes halogenated alkanes) is 2. The predicted octanol–water partition coefficient (Wildman–Crippen LogP) is 7.21. The molecule has 1 saturated carbocycles. The van der Waals surface area contributed by atoms with Gasteiger partial charge < -0.3 is 0 Å². The number of hydrogen-bond donors (Lipinski definition) is 0. The molecule has 26 heavy (non-hydrogen) atoms. The van der Waals surface area contributed by atoms with Crippen LogP contribution in [0.2, 0.25) is 0 Å². The van der Waals surface area contributed by atoms with Crippen molar-refractivity contribution in [1.82, 2.24) is 4.98 Å². The molecule has 0 amide bonds. The first-order chi connectivity index (χ1) is 12.7. The van der Waals surface area contributed by atoms with E-state index in [1.54, 1.807) is 12.3 Å². The lowest BCUT2D eigenvalue weighted by atomic mass is 9.78. The largest absolute Gasteiger partial charge is 0.228 e. The molecule has 1 fully saturated rings. The lowest BCUT2D eigenvalue weighted by Gasteiger charge is -2.28. The molecule has 140 valence electrons. The van der Waals surface area contributed by atoms with Gasteiger partial charge in [-0.3, -0.25) is 0 Å². The van der Waals surface area contributed by atoms with E-state index in [4.69, 9.17) is 0 Å². The lowest BCUT2D eigenvalue weighted by Crippen LogP contribution is -2.15. The smallest absolute Gasteiger partial charge is 0.212 e. The van der Waals surface area contributed by atoms with Gasteiger partial charge in [-0.2, -0.15) is 4.39 Å². The van der Waals surface area contributed by atoms with Gasteiger partial charge in [0.15, 0.2) is 0 Å². The van der Waals surface area contributed by atoms with Crippen molar-refractivity contribution in [3.05, 3.63) is 54.1 Å². The highest BCUT2D eigenvalue weighted by Gasteiger charge is 2.20. The number of pyridine rings is 1. The average molecular weight is 354 g/mol. The van der Waals surface area contributed by atoms with Crippen LogP contribution in [0.1, 0.15) is 70.3 Å². The Bertz CT molecular complexity index is 639. The van der Waals surface area contributed by atoms with Crippen molar-refractivity contribution in [1.29, 1.82) is 0 Å². The molecule has 0 N–H and O–H groups in total. The molecule has 0 aliphatic heterocycles. The summed E-state index contributed by atoms with van der Waals surface area (Å²) in [6, 6.07) is 11.9. The Morgan fingerprint density at radius 3 is 2.12 bits per heavy atom. The maximum atomic E-state index is 12.9. The van der Waals surface area contributed by atoms with E-state index in [9.17, 15) is 4.39 Å². The van der Waals surface area contributed by atoms with Gasteiger partial charge in [0.25, 0.3) is 0 Å². The number of rotatable bonds is 8. The summed E-state index contributed by atoms with van der Waals surface area (Å²) in [5.74, 6) is 1.49. The minimum absolute atomic E-state index is 0.426. The standard InChI is InChI=1S/C24H32FN/c1-2-3-4-5-19-6-8-20(9-7-19)10-11-21-12-14-22(15-13-21)23-16-17-24(25)26-18-23/h12-20H,2-11H2,1H3/t19-,20-. The van der Waals surface area contributed by atoms with Gasteiger partial charge in [-0.05, 0) is 47.9 Å². The third-order valence-corrected chi connectivity index (χ3v) is 6.04. The van der Waals surface area contributed by atoms with Crippen molar-refractivity contribution in [2.45, 2.75) is 71.1 Å². The molecule has 1 heterocycles. The fraction of sp³-hybridized carbons (Fsp3) is 0.542. The molecule has 0 spiro atoms. The van der Waals surface area contributed by atoms with E-state index in [2.05, 4.69) is 36.2 Å². The van der Waals surface area contributed by atoms with Crippen LogP contribution in [-0.2, 0) is 6.42 Å². The summed E-state index contributed by atoms with van der Waals surface area (Å²) in [7, 11) is 0. The number of hydrogen-bond acceptors (Lipinski definition) is 1. The monoisotopic (exact) mass is 353 g/mol. The van der Waals surface area contributed by atoms with Gasteiger partial charge in [0, 0.05) is 11.8 Å². The van der Waals surface area contributed by atoms with Crippen molar-refractivity contribution in [2.24, 2.45) is 11.8 Å².